The Morgan fingerprint density at radius 3 is 2.78 bits per heavy atom. The number of carbonyl (C=O) groups is 1. The lowest BCUT2D eigenvalue weighted by molar-refractivity contribution is 0.0609. The molecule has 2 saturated heterocycles. The maximum absolute atomic E-state index is 13.0. The van der Waals surface area contributed by atoms with Crippen molar-refractivity contribution in [2.45, 2.75) is 33.1 Å². The van der Waals surface area contributed by atoms with Gasteiger partial charge in [-0.1, -0.05) is 5.16 Å². The van der Waals surface area contributed by atoms with E-state index < -0.39 is 0 Å². The SMILES string of the molecule is Cc1cc(C(=O)N2CCC3(CCNC3)CC2)c2c(C)noc2n1. The summed E-state index contributed by atoms with van der Waals surface area (Å²) in [5.74, 6) is 0.0765. The molecule has 4 heterocycles. The van der Waals surface area contributed by atoms with E-state index in [9.17, 15) is 4.79 Å². The van der Waals surface area contributed by atoms with Crippen molar-refractivity contribution < 1.29 is 9.32 Å². The van der Waals surface area contributed by atoms with Gasteiger partial charge in [0.2, 0.25) is 0 Å². The third kappa shape index (κ3) is 2.41. The van der Waals surface area contributed by atoms with Gasteiger partial charge in [-0.25, -0.2) is 4.98 Å². The molecule has 1 amide bonds. The van der Waals surface area contributed by atoms with Crippen LogP contribution in [0.25, 0.3) is 11.1 Å². The van der Waals surface area contributed by atoms with E-state index >= 15 is 0 Å². The van der Waals surface area contributed by atoms with Crippen LogP contribution in [0.3, 0.4) is 0 Å². The molecule has 2 fully saturated rings. The zero-order valence-corrected chi connectivity index (χ0v) is 13.7. The van der Waals surface area contributed by atoms with Crippen LogP contribution in [0.2, 0.25) is 0 Å². The lowest BCUT2D eigenvalue weighted by Gasteiger charge is -2.39. The number of rotatable bonds is 1. The highest BCUT2D eigenvalue weighted by Gasteiger charge is 2.38. The minimum absolute atomic E-state index is 0.0765. The van der Waals surface area contributed by atoms with Crippen LogP contribution in [0.5, 0.6) is 0 Å². The van der Waals surface area contributed by atoms with Crippen molar-refractivity contribution in [2.24, 2.45) is 5.41 Å². The number of amides is 1. The van der Waals surface area contributed by atoms with Crippen LogP contribution in [0, 0.1) is 19.3 Å². The van der Waals surface area contributed by atoms with Gasteiger partial charge in [0.05, 0.1) is 16.6 Å². The lowest BCUT2D eigenvalue weighted by atomic mass is 9.77. The first-order chi connectivity index (χ1) is 11.1. The lowest BCUT2D eigenvalue weighted by Crippen LogP contribution is -2.44. The molecule has 2 aromatic rings. The normalized spacial score (nSPS) is 20.5. The first-order valence-corrected chi connectivity index (χ1v) is 8.32. The van der Waals surface area contributed by atoms with E-state index in [1.807, 2.05) is 24.8 Å². The van der Waals surface area contributed by atoms with E-state index in [2.05, 4.69) is 15.5 Å². The van der Waals surface area contributed by atoms with Gasteiger partial charge in [0.25, 0.3) is 11.6 Å². The van der Waals surface area contributed by atoms with E-state index in [-0.39, 0.29) is 5.91 Å². The molecule has 2 aliphatic rings. The molecule has 0 bridgehead atoms. The summed E-state index contributed by atoms with van der Waals surface area (Å²) >= 11 is 0. The Morgan fingerprint density at radius 2 is 2.09 bits per heavy atom. The Labute approximate surface area is 135 Å². The van der Waals surface area contributed by atoms with Gasteiger partial charge in [0, 0.05) is 25.3 Å². The Kier molecular flexibility index (Phi) is 3.37. The molecule has 6 nitrogen and oxygen atoms in total. The van der Waals surface area contributed by atoms with Gasteiger partial charge in [-0.15, -0.1) is 0 Å². The molecular formula is C17H22N4O2. The Balaban J connectivity index is 1.61. The van der Waals surface area contributed by atoms with Crippen LogP contribution in [0.1, 0.15) is 41.0 Å². The minimum atomic E-state index is 0.0765. The Morgan fingerprint density at radius 1 is 1.30 bits per heavy atom. The molecule has 0 saturated carbocycles. The molecule has 2 aromatic heterocycles. The molecule has 0 aliphatic carbocycles. The number of hydrogen-bond acceptors (Lipinski definition) is 5. The summed E-state index contributed by atoms with van der Waals surface area (Å²) in [6.07, 6.45) is 3.40. The van der Waals surface area contributed by atoms with Gasteiger partial charge in [-0.05, 0) is 51.1 Å². The van der Waals surface area contributed by atoms with Crippen molar-refractivity contribution >= 4 is 17.0 Å². The van der Waals surface area contributed by atoms with Crippen molar-refractivity contribution in [1.82, 2.24) is 20.4 Å². The number of hydrogen-bond donors (Lipinski definition) is 1. The molecule has 23 heavy (non-hydrogen) atoms. The van der Waals surface area contributed by atoms with Crippen molar-refractivity contribution in [3.05, 3.63) is 23.0 Å². The van der Waals surface area contributed by atoms with Crippen LogP contribution in [-0.2, 0) is 0 Å². The largest absolute Gasteiger partial charge is 0.339 e. The molecule has 6 heteroatoms. The predicted octanol–water partition coefficient (Wildman–Crippen LogP) is 2.06. The van der Waals surface area contributed by atoms with E-state index in [1.54, 1.807) is 0 Å². The number of aromatic nitrogens is 2. The fourth-order valence-electron chi connectivity index (χ4n) is 3.96. The molecular weight excluding hydrogens is 292 g/mol. The van der Waals surface area contributed by atoms with E-state index in [0.29, 0.717) is 16.7 Å². The van der Waals surface area contributed by atoms with Crippen LogP contribution in [0.4, 0.5) is 0 Å². The number of fused-ring (bicyclic) bond motifs is 1. The van der Waals surface area contributed by atoms with Gasteiger partial charge in [0.15, 0.2) is 0 Å². The molecule has 1 spiro atoms. The highest BCUT2D eigenvalue weighted by atomic mass is 16.5. The zero-order valence-electron chi connectivity index (χ0n) is 13.7. The van der Waals surface area contributed by atoms with Gasteiger partial charge in [0.1, 0.15) is 0 Å². The minimum Gasteiger partial charge on any atom is -0.339 e. The van der Waals surface area contributed by atoms with E-state index in [1.165, 1.54) is 6.42 Å². The van der Waals surface area contributed by atoms with Crippen LogP contribution >= 0.6 is 0 Å². The first-order valence-electron chi connectivity index (χ1n) is 8.32. The predicted molar refractivity (Wildman–Crippen MR) is 86.3 cm³/mol. The average molecular weight is 314 g/mol. The van der Waals surface area contributed by atoms with Gasteiger partial charge >= 0.3 is 0 Å². The summed E-state index contributed by atoms with van der Waals surface area (Å²) in [5.41, 5.74) is 3.05. The third-order valence-electron chi connectivity index (χ3n) is 5.42. The molecule has 1 N–H and O–H groups in total. The first kappa shape index (κ1) is 14.6. The van der Waals surface area contributed by atoms with Crippen molar-refractivity contribution in [1.29, 1.82) is 0 Å². The van der Waals surface area contributed by atoms with Crippen LogP contribution < -0.4 is 5.32 Å². The van der Waals surface area contributed by atoms with Crippen molar-refractivity contribution in [3.8, 4) is 0 Å². The summed E-state index contributed by atoms with van der Waals surface area (Å²) in [6, 6.07) is 1.86. The van der Waals surface area contributed by atoms with Crippen molar-refractivity contribution in [2.75, 3.05) is 26.2 Å². The molecule has 4 rings (SSSR count). The highest BCUT2D eigenvalue weighted by Crippen LogP contribution is 2.37. The molecule has 0 radical (unpaired) electrons. The van der Waals surface area contributed by atoms with E-state index in [4.69, 9.17) is 4.52 Å². The summed E-state index contributed by atoms with van der Waals surface area (Å²) in [6.45, 7) is 7.59. The fourth-order valence-corrected chi connectivity index (χ4v) is 3.96. The van der Waals surface area contributed by atoms with Crippen LogP contribution in [-0.4, -0.2) is 47.1 Å². The maximum atomic E-state index is 13.0. The van der Waals surface area contributed by atoms with Crippen molar-refractivity contribution in [3.63, 3.8) is 0 Å². The highest BCUT2D eigenvalue weighted by molar-refractivity contribution is 6.06. The molecule has 0 unspecified atom stereocenters. The fraction of sp³-hybridized carbons (Fsp3) is 0.588. The second kappa shape index (κ2) is 5.30. The molecule has 0 aromatic carbocycles. The standard InChI is InChI=1S/C17H22N4O2/c1-11-9-13(14-12(2)20-23-15(14)19-11)16(22)21-7-4-17(5-8-21)3-6-18-10-17/h9,18H,3-8,10H2,1-2H3. The summed E-state index contributed by atoms with van der Waals surface area (Å²) < 4.78 is 5.24. The van der Waals surface area contributed by atoms with Gasteiger partial charge in [-0.2, -0.15) is 0 Å². The number of nitrogens with zero attached hydrogens (tertiary/aromatic N) is 3. The quantitative estimate of drug-likeness (QED) is 0.872. The van der Waals surface area contributed by atoms with Gasteiger partial charge in [-0.3, -0.25) is 4.79 Å². The molecule has 122 valence electrons. The maximum Gasteiger partial charge on any atom is 0.258 e. The summed E-state index contributed by atoms with van der Waals surface area (Å²) in [5, 5.41) is 8.18. The Bertz CT molecular complexity index is 751. The average Bonchev–Trinajstić information content (AvgIpc) is 3.14. The second-order valence-electron chi connectivity index (χ2n) is 6.98. The smallest absolute Gasteiger partial charge is 0.258 e. The number of carbonyl (C=O) groups excluding carboxylic acids is 1. The van der Waals surface area contributed by atoms with E-state index in [0.717, 1.165) is 55.8 Å². The third-order valence-corrected chi connectivity index (χ3v) is 5.42. The van der Waals surface area contributed by atoms with Gasteiger partial charge < -0.3 is 14.7 Å². The Hall–Kier alpha value is -1.95. The number of aryl methyl sites for hydroxylation is 2. The summed E-state index contributed by atoms with van der Waals surface area (Å²) in [7, 11) is 0. The topological polar surface area (TPSA) is 71.3 Å². The second-order valence-corrected chi connectivity index (χ2v) is 6.98. The number of nitrogens with one attached hydrogen (secondary N) is 1. The number of pyridine rings is 1. The number of likely N-dealkylation sites (tertiary alicyclic amines) is 1. The summed E-state index contributed by atoms with van der Waals surface area (Å²) in [4.78, 5) is 19.3. The molecule has 2 aliphatic heterocycles. The number of piperidine rings is 1. The zero-order chi connectivity index (χ0) is 16.0. The monoisotopic (exact) mass is 314 g/mol. The molecule has 0 atom stereocenters. The van der Waals surface area contributed by atoms with Crippen LogP contribution in [0.15, 0.2) is 10.6 Å².